The van der Waals surface area contributed by atoms with Crippen LogP contribution < -0.4 is 0 Å². The third kappa shape index (κ3) is 2.83. The molecule has 0 bridgehead atoms. The van der Waals surface area contributed by atoms with Crippen LogP contribution in [0.15, 0.2) is 18.2 Å². The topological polar surface area (TPSA) is 81.0 Å². The highest BCUT2D eigenvalue weighted by atomic mass is 35.5. The van der Waals surface area contributed by atoms with Crippen molar-refractivity contribution in [2.24, 2.45) is 0 Å². The first-order valence-electron chi connectivity index (χ1n) is 6.06. The first-order valence-corrected chi connectivity index (χ1v) is 6.44. The zero-order chi connectivity index (χ0) is 14.0. The second-order valence-corrected chi connectivity index (χ2v) is 5.20. The fourth-order valence-electron chi connectivity index (χ4n) is 2.48. The van der Waals surface area contributed by atoms with Crippen LogP contribution in [0.2, 0.25) is 5.02 Å². The minimum absolute atomic E-state index is 0.207. The zero-order valence-electron chi connectivity index (χ0n) is 10.3. The van der Waals surface area contributed by atoms with Crippen molar-refractivity contribution in [1.29, 1.82) is 0 Å². The standard InChI is InChI=1S/C13H16ClNO4/c14-10-1-2-11(9(7-10)8-16)13(19)3-5-15(6-4-13)12(17)18/h1-2,7,16,19H,3-6,8H2,(H,17,18). The Kier molecular flexibility index (Phi) is 3.99. The summed E-state index contributed by atoms with van der Waals surface area (Å²) in [7, 11) is 0. The average Bonchev–Trinajstić information content (AvgIpc) is 2.38. The van der Waals surface area contributed by atoms with Crippen molar-refractivity contribution in [3.8, 4) is 0 Å². The number of carboxylic acid groups (broad SMARTS) is 1. The van der Waals surface area contributed by atoms with Gasteiger partial charge in [-0.2, -0.15) is 0 Å². The molecular formula is C13H16ClNO4. The summed E-state index contributed by atoms with van der Waals surface area (Å²) in [5.74, 6) is 0. The van der Waals surface area contributed by atoms with Crippen LogP contribution >= 0.6 is 11.6 Å². The Labute approximate surface area is 116 Å². The van der Waals surface area contributed by atoms with Crippen LogP contribution in [0.25, 0.3) is 0 Å². The van der Waals surface area contributed by atoms with Crippen LogP contribution in [-0.2, 0) is 12.2 Å². The predicted octanol–water partition coefficient (Wildman–Crippen LogP) is 1.79. The van der Waals surface area contributed by atoms with Gasteiger partial charge in [-0.15, -0.1) is 0 Å². The van der Waals surface area contributed by atoms with Crippen molar-refractivity contribution in [3.63, 3.8) is 0 Å². The van der Waals surface area contributed by atoms with Gasteiger partial charge in [-0.05, 0) is 36.1 Å². The number of benzene rings is 1. The van der Waals surface area contributed by atoms with Gasteiger partial charge < -0.3 is 20.2 Å². The molecule has 0 aliphatic carbocycles. The lowest BCUT2D eigenvalue weighted by atomic mass is 9.82. The summed E-state index contributed by atoms with van der Waals surface area (Å²) in [6.45, 7) is 0.347. The molecule has 1 fully saturated rings. The summed E-state index contributed by atoms with van der Waals surface area (Å²) in [6.07, 6.45) is -0.345. The van der Waals surface area contributed by atoms with E-state index in [1.165, 1.54) is 4.90 Å². The maximum absolute atomic E-state index is 10.9. The quantitative estimate of drug-likeness (QED) is 0.774. The summed E-state index contributed by atoms with van der Waals surface area (Å²) in [4.78, 5) is 12.1. The van der Waals surface area contributed by atoms with Gasteiger partial charge in [-0.3, -0.25) is 0 Å². The number of aliphatic hydroxyl groups is 2. The molecule has 2 rings (SSSR count). The van der Waals surface area contributed by atoms with Crippen molar-refractivity contribution in [3.05, 3.63) is 34.3 Å². The lowest BCUT2D eigenvalue weighted by Crippen LogP contribution is -2.45. The van der Waals surface area contributed by atoms with E-state index in [0.29, 0.717) is 29.0 Å². The van der Waals surface area contributed by atoms with Gasteiger partial charge in [0.15, 0.2) is 0 Å². The van der Waals surface area contributed by atoms with Crippen LogP contribution in [0.1, 0.15) is 24.0 Å². The van der Waals surface area contributed by atoms with E-state index < -0.39 is 11.7 Å². The van der Waals surface area contributed by atoms with Gasteiger partial charge in [0, 0.05) is 18.1 Å². The Morgan fingerprint density at radius 2 is 2.00 bits per heavy atom. The molecule has 0 spiro atoms. The zero-order valence-corrected chi connectivity index (χ0v) is 11.1. The van der Waals surface area contributed by atoms with E-state index in [-0.39, 0.29) is 19.7 Å². The fraction of sp³-hybridized carbons (Fsp3) is 0.462. The van der Waals surface area contributed by atoms with Gasteiger partial charge in [0.05, 0.1) is 12.2 Å². The number of likely N-dealkylation sites (tertiary alicyclic amines) is 1. The molecule has 104 valence electrons. The van der Waals surface area contributed by atoms with E-state index in [1.807, 2.05) is 0 Å². The summed E-state index contributed by atoms with van der Waals surface area (Å²) >= 11 is 5.87. The normalized spacial score (nSPS) is 18.4. The molecular weight excluding hydrogens is 270 g/mol. The highest BCUT2D eigenvalue weighted by Crippen LogP contribution is 2.35. The number of rotatable bonds is 2. The van der Waals surface area contributed by atoms with Gasteiger partial charge in [0.25, 0.3) is 0 Å². The molecule has 5 nitrogen and oxygen atoms in total. The van der Waals surface area contributed by atoms with Crippen LogP contribution in [-0.4, -0.2) is 39.4 Å². The molecule has 1 aliphatic rings. The van der Waals surface area contributed by atoms with Gasteiger partial charge in [0.2, 0.25) is 0 Å². The lowest BCUT2D eigenvalue weighted by Gasteiger charge is -2.38. The Morgan fingerprint density at radius 1 is 1.37 bits per heavy atom. The molecule has 1 aliphatic heterocycles. The van der Waals surface area contributed by atoms with Crippen molar-refractivity contribution in [2.45, 2.75) is 25.0 Å². The largest absolute Gasteiger partial charge is 0.465 e. The first kappa shape index (κ1) is 14.1. The molecule has 1 heterocycles. The molecule has 0 saturated carbocycles. The van der Waals surface area contributed by atoms with E-state index in [2.05, 4.69) is 0 Å². The van der Waals surface area contributed by atoms with E-state index in [0.717, 1.165) is 0 Å². The van der Waals surface area contributed by atoms with Crippen LogP contribution in [0.5, 0.6) is 0 Å². The second kappa shape index (κ2) is 5.36. The monoisotopic (exact) mass is 285 g/mol. The summed E-state index contributed by atoms with van der Waals surface area (Å²) < 4.78 is 0. The van der Waals surface area contributed by atoms with E-state index in [4.69, 9.17) is 16.7 Å². The molecule has 1 saturated heterocycles. The maximum atomic E-state index is 10.9. The Hall–Kier alpha value is -1.30. The molecule has 3 N–H and O–H groups in total. The lowest BCUT2D eigenvalue weighted by molar-refractivity contribution is -0.0226. The van der Waals surface area contributed by atoms with E-state index in [1.54, 1.807) is 18.2 Å². The number of halogens is 1. The molecule has 0 aromatic heterocycles. The van der Waals surface area contributed by atoms with E-state index >= 15 is 0 Å². The SMILES string of the molecule is O=C(O)N1CCC(O)(c2ccc(Cl)cc2CO)CC1. The van der Waals surface area contributed by atoms with Crippen LogP contribution in [0.4, 0.5) is 4.79 Å². The fourth-order valence-corrected chi connectivity index (χ4v) is 2.68. The number of aliphatic hydroxyl groups excluding tert-OH is 1. The molecule has 1 amide bonds. The highest BCUT2D eigenvalue weighted by Gasteiger charge is 2.36. The minimum atomic E-state index is -1.10. The average molecular weight is 286 g/mol. The number of hydrogen-bond acceptors (Lipinski definition) is 3. The van der Waals surface area contributed by atoms with Crippen molar-refractivity contribution >= 4 is 17.7 Å². The predicted molar refractivity (Wildman–Crippen MR) is 70.1 cm³/mol. The number of carbonyl (C=O) groups is 1. The van der Waals surface area contributed by atoms with Gasteiger partial charge >= 0.3 is 6.09 Å². The van der Waals surface area contributed by atoms with E-state index in [9.17, 15) is 15.0 Å². The summed E-state index contributed by atoms with van der Waals surface area (Å²) in [6, 6.07) is 4.99. The smallest absolute Gasteiger partial charge is 0.407 e. The van der Waals surface area contributed by atoms with Gasteiger partial charge in [-0.25, -0.2) is 4.79 Å². The Balaban J connectivity index is 2.24. The highest BCUT2D eigenvalue weighted by molar-refractivity contribution is 6.30. The second-order valence-electron chi connectivity index (χ2n) is 4.76. The molecule has 19 heavy (non-hydrogen) atoms. The Morgan fingerprint density at radius 3 is 2.53 bits per heavy atom. The minimum Gasteiger partial charge on any atom is -0.465 e. The summed E-state index contributed by atoms with van der Waals surface area (Å²) in [5, 5.41) is 29.4. The number of amides is 1. The third-order valence-corrected chi connectivity index (χ3v) is 3.84. The summed E-state index contributed by atoms with van der Waals surface area (Å²) in [5.41, 5.74) is 0.109. The van der Waals surface area contributed by atoms with Crippen molar-refractivity contribution < 1.29 is 20.1 Å². The first-order chi connectivity index (χ1) is 8.96. The maximum Gasteiger partial charge on any atom is 0.407 e. The van der Waals surface area contributed by atoms with Gasteiger partial charge in [-0.1, -0.05) is 17.7 Å². The van der Waals surface area contributed by atoms with Crippen molar-refractivity contribution in [2.75, 3.05) is 13.1 Å². The number of hydrogen-bond donors (Lipinski definition) is 3. The number of nitrogens with zero attached hydrogens (tertiary/aromatic N) is 1. The molecule has 6 heteroatoms. The van der Waals surface area contributed by atoms with Crippen molar-refractivity contribution in [1.82, 2.24) is 4.90 Å². The molecule has 0 atom stereocenters. The molecule has 0 unspecified atom stereocenters. The Bertz CT molecular complexity index is 484. The molecule has 0 radical (unpaired) electrons. The third-order valence-electron chi connectivity index (χ3n) is 3.60. The number of piperidine rings is 1. The van der Waals surface area contributed by atoms with Crippen LogP contribution in [0.3, 0.4) is 0 Å². The molecule has 1 aromatic carbocycles. The van der Waals surface area contributed by atoms with Gasteiger partial charge in [0.1, 0.15) is 0 Å². The molecule has 1 aromatic rings. The van der Waals surface area contributed by atoms with Crippen LogP contribution in [0, 0.1) is 0 Å².